The second-order valence-electron chi connectivity index (χ2n) is 17.8. The Morgan fingerprint density at radius 2 is 1.04 bits per heavy atom. The Morgan fingerprint density at radius 3 is 1.57 bits per heavy atom. The Bertz CT molecular complexity index is 3110. The van der Waals surface area contributed by atoms with Crippen LogP contribution in [-0.4, -0.2) is 89.7 Å². The average Bonchev–Trinajstić information content (AvgIpc) is 4.27. The molecule has 0 aliphatic carbocycles. The summed E-state index contributed by atoms with van der Waals surface area (Å²) in [6.45, 7) is 9.23. The summed E-state index contributed by atoms with van der Waals surface area (Å²) in [6, 6.07) is 39.2. The number of ether oxygens (including phenoxy) is 3. The fraction of sp³-hybridized carbons (Fsp3) is 0.328. The first kappa shape index (κ1) is 49.2. The molecule has 2 saturated heterocycles. The van der Waals surface area contributed by atoms with Crippen molar-refractivity contribution < 1.29 is 14.2 Å². The molecule has 5 heterocycles. The number of hydrogen-bond acceptors (Lipinski definition) is 8. The van der Waals surface area contributed by atoms with E-state index in [0.29, 0.717) is 37.5 Å². The van der Waals surface area contributed by atoms with Gasteiger partial charge in [-0.15, -0.1) is 11.6 Å². The number of fused-ring (bicyclic) bond motifs is 4. The van der Waals surface area contributed by atoms with Crippen LogP contribution in [0.1, 0.15) is 67.2 Å². The van der Waals surface area contributed by atoms with Gasteiger partial charge in [0.2, 0.25) is 0 Å². The molecule has 2 aliphatic heterocycles. The number of nitrogens with one attached hydrogen (secondary N) is 3. The molecule has 70 heavy (non-hydrogen) atoms. The minimum atomic E-state index is 0.408. The fourth-order valence-electron chi connectivity index (χ4n) is 9.29. The average molecular weight is 954 g/mol. The lowest BCUT2D eigenvalue weighted by Gasteiger charge is -2.14. The van der Waals surface area contributed by atoms with Crippen molar-refractivity contribution in [1.29, 1.82) is 15.8 Å². The van der Waals surface area contributed by atoms with Crippen LogP contribution in [0.25, 0.3) is 55.1 Å². The van der Waals surface area contributed by atoms with Crippen molar-refractivity contribution in [3.8, 4) is 35.5 Å². The molecule has 11 nitrogen and oxygen atoms in total. The van der Waals surface area contributed by atoms with Gasteiger partial charge < -0.3 is 39.0 Å². The lowest BCUT2D eigenvalue weighted by atomic mass is 9.99. The van der Waals surface area contributed by atoms with Crippen molar-refractivity contribution in [2.24, 2.45) is 0 Å². The first-order valence-electron chi connectivity index (χ1n) is 24.6. The van der Waals surface area contributed by atoms with Crippen LogP contribution in [-0.2, 0) is 12.8 Å². The minimum absolute atomic E-state index is 0.408. The molecule has 0 atom stereocenters. The first-order chi connectivity index (χ1) is 34.5. The number of alkyl halides is 1. The molecule has 12 heteroatoms. The lowest BCUT2D eigenvalue weighted by Crippen LogP contribution is -2.21. The highest BCUT2D eigenvalue weighted by Crippen LogP contribution is 2.32. The van der Waals surface area contributed by atoms with Crippen molar-refractivity contribution in [2.45, 2.75) is 57.8 Å². The number of nitriles is 3. The predicted octanol–water partition coefficient (Wildman–Crippen LogP) is 12.6. The van der Waals surface area contributed by atoms with E-state index >= 15 is 0 Å². The normalized spacial score (nSPS) is 13.9. The summed E-state index contributed by atoms with van der Waals surface area (Å²) < 4.78 is 17.5. The molecule has 0 saturated carbocycles. The van der Waals surface area contributed by atoms with Crippen LogP contribution in [0.15, 0.2) is 116 Å². The molecule has 358 valence electrons. The molecule has 0 bridgehead atoms. The zero-order valence-electron chi connectivity index (χ0n) is 39.8. The molecule has 0 amide bonds. The summed E-state index contributed by atoms with van der Waals surface area (Å²) in [5.41, 5.74) is 7.72. The topological polar surface area (TPSA) is 153 Å². The number of halogens is 1. The molecule has 0 unspecified atom stereocenters. The Morgan fingerprint density at radius 1 is 0.557 bits per heavy atom. The largest absolute Gasteiger partial charge is 0.494 e. The van der Waals surface area contributed by atoms with Crippen molar-refractivity contribution in [2.75, 3.05) is 65.0 Å². The fourth-order valence-corrected chi connectivity index (χ4v) is 9.39. The zero-order chi connectivity index (χ0) is 48.3. The van der Waals surface area contributed by atoms with Gasteiger partial charge in [0.15, 0.2) is 0 Å². The molecule has 2 aliphatic rings. The summed E-state index contributed by atoms with van der Waals surface area (Å²) >= 11 is 5.59. The Kier molecular flexibility index (Phi) is 17.9. The van der Waals surface area contributed by atoms with Crippen LogP contribution >= 0.6 is 11.6 Å². The van der Waals surface area contributed by atoms with E-state index in [2.05, 4.69) is 67.2 Å². The Hall–Kier alpha value is -7.20. The lowest BCUT2D eigenvalue weighted by molar-refractivity contribution is 0.263. The maximum Gasteiger partial charge on any atom is 0.120 e. The summed E-state index contributed by atoms with van der Waals surface area (Å²) in [7, 11) is 0. The molecule has 10 rings (SSSR count). The van der Waals surface area contributed by atoms with E-state index in [4.69, 9.17) is 36.3 Å². The molecular formula is C58H61ClN8O3. The van der Waals surface area contributed by atoms with Gasteiger partial charge in [-0.2, -0.15) is 15.8 Å². The smallest absolute Gasteiger partial charge is 0.120 e. The van der Waals surface area contributed by atoms with Crippen LogP contribution in [0.5, 0.6) is 17.2 Å². The zero-order valence-corrected chi connectivity index (χ0v) is 40.6. The van der Waals surface area contributed by atoms with Crippen LogP contribution < -0.4 is 14.2 Å². The number of likely N-dealkylation sites (tertiary alicyclic amines) is 2. The minimum Gasteiger partial charge on any atom is -0.494 e. The summed E-state index contributed by atoms with van der Waals surface area (Å²) in [4.78, 5) is 14.6. The number of aromatic amines is 3. The Balaban J connectivity index is 0.000000150. The SMILES string of the molecule is N#C/C(=C\c1cccc2ccccc12)c1c[nH]c2ccc(OCCCN3CCCC3)cc12.N#CCc1c[nH]c2ccc(OCCCCl)cc12.N#CCc1c[nH]c2ccc(OCCCN3CCCC3)cc12. The van der Waals surface area contributed by atoms with Gasteiger partial charge >= 0.3 is 0 Å². The number of allylic oxidation sites excluding steroid dienone is 1. The van der Waals surface area contributed by atoms with Crippen molar-refractivity contribution in [3.63, 3.8) is 0 Å². The highest BCUT2D eigenvalue weighted by atomic mass is 35.5. The highest BCUT2D eigenvalue weighted by Gasteiger charge is 2.14. The first-order valence-corrected chi connectivity index (χ1v) is 25.1. The van der Waals surface area contributed by atoms with Gasteiger partial charge in [0, 0.05) is 75.8 Å². The maximum atomic E-state index is 9.97. The number of H-pyrrole nitrogens is 3. The second-order valence-corrected chi connectivity index (χ2v) is 18.1. The summed E-state index contributed by atoms with van der Waals surface area (Å²) in [6.07, 6.45) is 16.8. The van der Waals surface area contributed by atoms with E-state index < -0.39 is 0 Å². The van der Waals surface area contributed by atoms with Gasteiger partial charge in [-0.1, -0.05) is 42.5 Å². The van der Waals surface area contributed by atoms with Gasteiger partial charge in [0.25, 0.3) is 0 Å². The van der Waals surface area contributed by atoms with Crippen LogP contribution in [0.4, 0.5) is 0 Å². The number of nitrogens with zero attached hydrogens (tertiary/aromatic N) is 5. The van der Waals surface area contributed by atoms with Crippen molar-refractivity contribution in [1.82, 2.24) is 24.8 Å². The third-order valence-corrected chi connectivity index (χ3v) is 13.2. The monoisotopic (exact) mass is 952 g/mol. The quantitative estimate of drug-likeness (QED) is 0.0437. The molecule has 0 radical (unpaired) electrons. The van der Waals surface area contributed by atoms with Gasteiger partial charge in [-0.25, -0.2) is 0 Å². The highest BCUT2D eigenvalue weighted by molar-refractivity contribution is 6.17. The van der Waals surface area contributed by atoms with Crippen molar-refractivity contribution >= 4 is 66.7 Å². The molecule has 3 aromatic heterocycles. The molecule has 5 aromatic carbocycles. The van der Waals surface area contributed by atoms with Crippen LogP contribution in [0.3, 0.4) is 0 Å². The maximum absolute atomic E-state index is 9.97. The van der Waals surface area contributed by atoms with Crippen LogP contribution in [0.2, 0.25) is 0 Å². The summed E-state index contributed by atoms with van der Waals surface area (Å²) in [5, 5.41) is 33.0. The molecule has 8 aromatic rings. The van der Waals surface area contributed by atoms with Crippen LogP contribution in [0, 0.1) is 34.0 Å². The number of aromatic nitrogens is 3. The standard InChI is InChI=1S/C28H27N3O.C17H21N3O.C13H13ClN2O/c29-19-23(17-22-9-5-8-21-7-1-2-10-25(21)22)27-20-30-28-12-11-24(18-26(27)28)32-16-6-15-31-13-3-4-14-31;18-7-6-14-13-19-17-5-4-15(12-16(14)17)21-11-3-10-20-8-1-2-9-20;14-5-1-7-17-11-2-3-13-12(8-11)10(4-6-15)9-16-13/h1-2,5,7-12,17-18,20,30H,3-4,6,13-16H2;4-5,12-13,19H,1-3,6,8-11H2;2-3,8-9,16H,1,4-5,7H2/b23-17+;;. The molecule has 2 fully saturated rings. The number of hydrogen-bond donors (Lipinski definition) is 3. The van der Waals surface area contributed by atoms with Crippen molar-refractivity contribution in [3.05, 3.63) is 138 Å². The van der Waals surface area contributed by atoms with E-state index in [9.17, 15) is 5.26 Å². The van der Waals surface area contributed by atoms with Gasteiger partial charge in [0.1, 0.15) is 17.2 Å². The van der Waals surface area contributed by atoms with E-state index in [1.165, 1.54) is 57.2 Å². The van der Waals surface area contributed by atoms with Gasteiger partial charge in [0.05, 0.1) is 56.4 Å². The third kappa shape index (κ3) is 13.1. The number of rotatable bonds is 18. The Labute approximate surface area is 415 Å². The summed E-state index contributed by atoms with van der Waals surface area (Å²) in [5.74, 6) is 3.16. The van der Waals surface area contributed by atoms with Gasteiger partial charge in [-0.3, -0.25) is 0 Å². The molecular weight excluding hydrogens is 892 g/mol. The van der Waals surface area contributed by atoms with E-state index in [1.807, 2.05) is 97.5 Å². The second kappa shape index (κ2) is 25.4. The van der Waals surface area contributed by atoms with Gasteiger partial charge in [-0.05, 0) is 159 Å². The predicted molar refractivity (Wildman–Crippen MR) is 283 cm³/mol. The molecule has 0 spiro atoms. The van der Waals surface area contributed by atoms with E-state index in [0.717, 1.165) is 117 Å². The van der Waals surface area contributed by atoms with E-state index in [-0.39, 0.29) is 0 Å². The van der Waals surface area contributed by atoms with E-state index in [1.54, 1.807) is 0 Å². The third-order valence-electron chi connectivity index (χ3n) is 12.9. The number of benzene rings is 5. The molecule has 3 N–H and O–H groups in total.